The predicted octanol–water partition coefficient (Wildman–Crippen LogP) is 3.00. The maximum Gasteiger partial charge on any atom is 0.248 e. The van der Waals surface area contributed by atoms with Gasteiger partial charge in [0.25, 0.3) is 0 Å². The molecule has 0 spiro atoms. The van der Waals surface area contributed by atoms with Crippen molar-refractivity contribution in [3.05, 3.63) is 46.4 Å². The lowest BCUT2D eigenvalue weighted by molar-refractivity contribution is 0.791. The standard InChI is InChI=1S/C13H17NO/c1-4-7-8-10-9-13(15)14-12(6-3)11(10)5-2/h5-6,9H,2-4,7-8H2,1H3,(H,14,15). The normalized spacial score (nSPS) is 9.93. The summed E-state index contributed by atoms with van der Waals surface area (Å²) < 4.78 is 0. The minimum absolute atomic E-state index is 0.0680. The second-order valence-corrected chi connectivity index (χ2v) is 3.50. The topological polar surface area (TPSA) is 32.9 Å². The van der Waals surface area contributed by atoms with E-state index in [0.717, 1.165) is 36.1 Å². The molecule has 0 fully saturated rings. The van der Waals surface area contributed by atoms with Crippen LogP contribution in [0.1, 0.15) is 36.6 Å². The van der Waals surface area contributed by atoms with E-state index in [4.69, 9.17) is 0 Å². The highest BCUT2D eigenvalue weighted by molar-refractivity contribution is 5.63. The van der Waals surface area contributed by atoms with Gasteiger partial charge in [0, 0.05) is 17.3 Å². The molecule has 1 aromatic rings. The third-order valence-corrected chi connectivity index (χ3v) is 2.41. The van der Waals surface area contributed by atoms with Crippen LogP contribution in [-0.4, -0.2) is 4.98 Å². The molecule has 2 heteroatoms. The zero-order valence-corrected chi connectivity index (χ0v) is 9.18. The minimum atomic E-state index is -0.0680. The summed E-state index contributed by atoms with van der Waals surface area (Å²) in [6.45, 7) is 9.59. The Morgan fingerprint density at radius 2 is 2.13 bits per heavy atom. The molecular formula is C13H17NO. The SMILES string of the molecule is C=Cc1[nH]c(=O)cc(CCCC)c1C=C. The number of pyridine rings is 1. The van der Waals surface area contributed by atoms with Gasteiger partial charge in [-0.1, -0.05) is 32.6 Å². The van der Waals surface area contributed by atoms with Crippen molar-refractivity contribution < 1.29 is 0 Å². The van der Waals surface area contributed by atoms with E-state index in [2.05, 4.69) is 25.1 Å². The van der Waals surface area contributed by atoms with Gasteiger partial charge in [-0.15, -0.1) is 0 Å². The Labute approximate surface area is 90.4 Å². The third-order valence-electron chi connectivity index (χ3n) is 2.41. The molecule has 0 bridgehead atoms. The van der Waals surface area contributed by atoms with Crippen molar-refractivity contribution in [3.63, 3.8) is 0 Å². The number of unbranched alkanes of at least 4 members (excludes halogenated alkanes) is 1. The number of rotatable bonds is 5. The molecule has 0 aliphatic heterocycles. The molecule has 0 aliphatic rings. The van der Waals surface area contributed by atoms with Crippen molar-refractivity contribution in [3.8, 4) is 0 Å². The molecule has 0 atom stereocenters. The maximum absolute atomic E-state index is 11.4. The van der Waals surface area contributed by atoms with E-state index < -0.39 is 0 Å². The predicted molar refractivity (Wildman–Crippen MR) is 65.9 cm³/mol. The maximum atomic E-state index is 11.4. The molecule has 0 unspecified atom stereocenters. The van der Waals surface area contributed by atoms with Gasteiger partial charge in [0.1, 0.15) is 0 Å². The Balaban J connectivity index is 3.22. The molecule has 0 saturated heterocycles. The number of aromatic amines is 1. The van der Waals surface area contributed by atoms with Crippen LogP contribution in [0.4, 0.5) is 0 Å². The van der Waals surface area contributed by atoms with Crippen molar-refractivity contribution in [1.29, 1.82) is 0 Å². The van der Waals surface area contributed by atoms with E-state index in [-0.39, 0.29) is 5.56 Å². The van der Waals surface area contributed by atoms with Crippen LogP contribution in [0.3, 0.4) is 0 Å². The Morgan fingerprint density at radius 3 is 2.67 bits per heavy atom. The first-order valence-electron chi connectivity index (χ1n) is 5.24. The van der Waals surface area contributed by atoms with Gasteiger partial charge in [0.05, 0.1) is 0 Å². The van der Waals surface area contributed by atoms with Crippen LogP contribution in [0.5, 0.6) is 0 Å². The molecule has 1 rings (SSSR count). The molecule has 15 heavy (non-hydrogen) atoms. The Bertz CT molecular complexity index is 415. The quantitative estimate of drug-likeness (QED) is 0.784. The summed E-state index contributed by atoms with van der Waals surface area (Å²) in [6, 6.07) is 1.65. The van der Waals surface area contributed by atoms with Crippen molar-refractivity contribution >= 4 is 12.2 Å². The highest BCUT2D eigenvalue weighted by atomic mass is 16.1. The van der Waals surface area contributed by atoms with Crippen LogP contribution in [0, 0.1) is 0 Å². The lowest BCUT2D eigenvalue weighted by Gasteiger charge is -2.07. The minimum Gasteiger partial charge on any atom is -0.322 e. The van der Waals surface area contributed by atoms with Gasteiger partial charge in [-0.3, -0.25) is 4.79 Å². The first-order chi connectivity index (χ1) is 7.22. The van der Waals surface area contributed by atoms with Gasteiger partial charge in [0.15, 0.2) is 0 Å². The summed E-state index contributed by atoms with van der Waals surface area (Å²) in [6.07, 6.45) is 6.56. The van der Waals surface area contributed by atoms with E-state index >= 15 is 0 Å². The molecular weight excluding hydrogens is 186 g/mol. The summed E-state index contributed by atoms with van der Waals surface area (Å²) >= 11 is 0. The van der Waals surface area contributed by atoms with Crippen molar-refractivity contribution in [2.75, 3.05) is 0 Å². The zero-order valence-electron chi connectivity index (χ0n) is 9.18. The monoisotopic (exact) mass is 203 g/mol. The highest BCUT2D eigenvalue weighted by Crippen LogP contribution is 2.15. The molecule has 2 nitrogen and oxygen atoms in total. The Hall–Kier alpha value is -1.57. The second-order valence-electron chi connectivity index (χ2n) is 3.50. The number of aromatic nitrogens is 1. The molecule has 0 aliphatic carbocycles. The fraction of sp³-hybridized carbons (Fsp3) is 0.308. The summed E-state index contributed by atoms with van der Waals surface area (Å²) in [7, 11) is 0. The fourth-order valence-electron chi connectivity index (χ4n) is 1.62. The zero-order chi connectivity index (χ0) is 11.3. The van der Waals surface area contributed by atoms with Crippen molar-refractivity contribution in [2.24, 2.45) is 0 Å². The van der Waals surface area contributed by atoms with Gasteiger partial charge >= 0.3 is 0 Å². The molecule has 0 saturated carbocycles. The van der Waals surface area contributed by atoms with Gasteiger partial charge < -0.3 is 4.98 Å². The van der Waals surface area contributed by atoms with Crippen LogP contribution in [0.25, 0.3) is 12.2 Å². The number of hydrogen-bond donors (Lipinski definition) is 1. The average molecular weight is 203 g/mol. The molecule has 0 aromatic carbocycles. The van der Waals surface area contributed by atoms with E-state index in [1.807, 2.05) is 0 Å². The number of H-pyrrole nitrogens is 1. The van der Waals surface area contributed by atoms with E-state index in [1.165, 1.54) is 0 Å². The summed E-state index contributed by atoms with van der Waals surface area (Å²) in [5.74, 6) is 0. The van der Waals surface area contributed by atoms with Crippen LogP contribution in [0.2, 0.25) is 0 Å². The van der Waals surface area contributed by atoms with Crippen molar-refractivity contribution in [1.82, 2.24) is 4.98 Å². The molecule has 80 valence electrons. The number of aryl methyl sites for hydroxylation is 1. The second kappa shape index (κ2) is 5.35. The third kappa shape index (κ3) is 2.69. The summed E-state index contributed by atoms with van der Waals surface area (Å²) in [4.78, 5) is 14.1. The van der Waals surface area contributed by atoms with Crippen LogP contribution in [0.15, 0.2) is 24.0 Å². The first kappa shape index (κ1) is 11.5. The molecule has 0 radical (unpaired) electrons. The lowest BCUT2D eigenvalue weighted by Crippen LogP contribution is -2.10. The number of nitrogens with one attached hydrogen (secondary N) is 1. The van der Waals surface area contributed by atoms with Crippen LogP contribution in [-0.2, 0) is 6.42 Å². The van der Waals surface area contributed by atoms with E-state index in [1.54, 1.807) is 18.2 Å². The van der Waals surface area contributed by atoms with Crippen molar-refractivity contribution in [2.45, 2.75) is 26.2 Å². The Kier molecular flexibility index (Phi) is 4.10. The molecule has 1 aromatic heterocycles. The first-order valence-corrected chi connectivity index (χ1v) is 5.24. The summed E-state index contributed by atoms with van der Waals surface area (Å²) in [5.41, 5.74) is 2.76. The van der Waals surface area contributed by atoms with Gasteiger partial charge in [0.2, 0.25) is 5.56 Å². The Morgan fingerprint density at radius 1 is 1.40 bits per heavy atom. The lowest BCUT2D eigenvalue weighted by atomic mass is 10.0. The number of hydrogen-bond acceptors (Lipinski definition) is 1. The van der Waals surface area contributed by atoms with E-state index in [0.29, 0.717) is 0 Å². The summed E-state index contributed by atoms with van der Waals surface area (Å²) in [5, 5.41) is 0. The largest absolute Gasteiger partial charge is 0.322 e. The molecule has 0 amide bonds. The van der Waals surface area contributed by atoms with Crippen LogP contribution >= 0.6 is 0 Å². The van der Waals surface area contributed by atoms with E-state index in [9.17, 15) is 4.79 Å². The highest BCUT2D eigenvalue weighted by Gasteiger charge is 2.04. The smallest absolute Gasteiger partial charge is 0.248 e. The van der Waals surface area contributed by atoms with Gasteiger partial charge in [-0.2, -0.15) is 0 Å². The average Bonchev–Trinajstić information content (AvgIpc) is 2.25. The fourth-order valence-corrected chi connectivity index (χ4v) is 1.62. The van der Waals surface area contributed by atoms with Crippen LogP contribution < -0.4 is 5.56 Å². The van der Waals surface area contributed by atoms with Gasteiger partial charge in [-0.25, -0.2) is 0 Å². The van der Waals surface area contributed by atoms with Gasteiger partial charge in [-0.05, 0) is 24.5 Å². The molecule has 1 N–H and O–H groups in total. The molecule has 1 heterocycles.